The van der Waals surface area contributed by atoms with Crippen molar-refractivity contribution in [2.45, 2.75) is 39.3 Å². The first kappa shape index (κ1) is 25.3. The summed E-state index contributed by atoms with van der Waals surface area (Å²) in [5.74, 6) is 5.51. The maximum Gasteiger partial charge on any atom is 0.390 e. The third kappa shape index (κ3) is 6.17. The predicted octanol–water partition coefficient (Wildman–Crippen LogP) is 4.60. The van der Waals surface area contributed by atoms with E-state index in [4.69, 9.17) is 5.11 Å². The molecule has 1 atom stereocenters. The van der Waals surface area contributed by atoms with Crippen molar-refractivity contribution in [3.05, 3.63) is 64.5 Å². The van der Waals surface area contributed by atoms with Gasteiger partial charge in [-0.3, -0.25) is 9.79 Å². The summed E-state index contributed by atoms with van der Waals surface area (Å²) in [5.41, 5.74) is 5.01. The number of carbonyl (C=O) groups excluding carboxylic acids is 1. The molecule has 0 radical (unpaired) electrons. The standard InChI is InChI=1S/C26H28F3N3O2/c1-17-6-9-23-22(31-11-10-26(27,28)29)15-19(5-4-12-33)16-32(23)24(13-17)20-7-8-21(18(2)14-20)25(34)30-3/h7-9,13-14,16-17,33H,6,10-12,15H2,1-3H3,(H,30,34). The number of benzene rings is 1. The van der Waals surface area contributed by atoms with Gasteiger partial charge in [-0.2, -0.15) is 13.2 Å². The average molecular weight is 472 g/mol. The second kappa shape index (κ2) is 10.7. The Balaban J connectivity index is 2.08. The van der Waals surface area contributed by atoms with Crippen LogP contribution in [-0.2, 0) is 0 Å². The van der Waals surface area contributed by atoms with Crippen LogP contribution in [0.2, 0.25) is 0 Å². The summed E-state index contributed by atoms with van der Waals surface area (Å²) >= 11 is 0. The fourth-order valence-electron chi connectivity index (χ4n) is 3.94. The molecule has 0 spiro atoms. The Kier molecular flexibility index (Phi) is 8.00. The van der Waals surface area contributed by atoms with Gasteiger partial charge < -0.3 is 15.3 Å². The number of nitrogens with zero attached hydrogens (tertiary/aromatic N) is 2. The van der Waals surface area contributed by atoms with Gasteiger partial charge in [-0.05, 0) is 42.5 Å². The van der Waals surface area contributed by atoms with Crippen molar-refractivity contribution in [2.24, 2.45) is 10.9 Å². The van der Waals surface area contributed by atoms with Gasteiger partial charge in [0.2, 0.25) is 0 Å². The van der Waals surface area contributed by atoms with Crippen molar-refractivity contribution in [1.29, 1.82) is 0 Å². The molecule has 2 aliphatic heterocycles. The van der Waals surface area contributed by atoms with E-state index in [1.165, 1.54) is 0 Å². The lowest BCUT2D eigenvalue weighted by Crippen LogP contribution is -2.27. The SMILES string of the molecule is CNC(=O)c1ccc(C2=CC(C)CC=C3C(=NCCC(F)(F)F)CC(C#CCO)=CN32)cc1C. The van der Waals surface area contributed by atoms with E-state index in [2.05, 4.69) is 35.1 Å². The molecule has 0 aromatic heterocycles. The molecule has 0 fully saturated rings. The summed E-state index contributed by atoms with van der Waals surface area (Å²) in [6, 6.07) is 5.55. The van der Waals surface area contributed by atoms with Gasteiger partial charge in [0.05, 0.1) is 17.8 Å². The Morgan fingerprint density at radius 3 is 2.74 bits per heavy atom. The minimum absolute atomic E-state index is 0.170. The number of aryl methyl sites for hydroxylation is 1. The van der Waals surface area contributed by atoms with Crippen LogP contribution in [0.1, 0.15) is 47.7 Å². The summed E-state index contributed by atoms with van der Waals surface area (Å²) in [4.78, 5) is 18.3. The quantitative estimate of drug-likeness (QED) is 0.631. The Morgan fingerprint density at radius 1 is 1.32 bits per heavy atom. The van der Waals surface area contributed by atoms with Crippen LogP contribution in [0.15, 0.2) is 52.8 Å². The lowest BCUT2D eigenvalue weighted by atomic mass is 9.98. The molecule has 1 unspecified atom stereocenters. The van der Waals surface area contributed by atoms with Crippen LogP contribution in [-0.4, -0.2) is 48.0 Å². The van der Waals surface area contributed by atoms with Gasteiger partial charge in [0.1, 0.15) is 6.61 Å². The van der Waals surface area contributed by atoms with Crippen molar-refractivity contribution >= 4 is 17.3 Å². The van der Waals surface area contributed by atoms with E-state index in [1.54, 1.807) is 13.1 Å². The molecule has 1 aromatic carbocycles. The topological polar surface area (TPSA) is 64.9 Å². The molecule has 0 bridgehead atoms. The monoisotopic (exact) mass is 471 g/mol. The minimum Gasteiger partial charge on any atom is -0.384 e. The van der Waals surface area contributed by atoms with Crippen LogP contribution in [0.3, 0.4) is 0 Å². The number of hydrogen-bond donors (Lipinski definition) is 2. The number of allylic oxidation sites excluding steroid dienone is 4. The van der Waals surface area contributed by atoms with Gasteiger partial charge in [0.25, 0.3) is 5.91 Å². The zero-order valence-corrected chi connectivity index (χ0v) is 19.5. The van der Waals surface area contributed by atoms with Crippen molar-refractivity contribution in [3.63, 3.8) is 0 Å². The molecule has 34 heavy (non-hydrogen) atoms. The molecule has 8 heteroatoms. The number of aliphatic imine (C=N–C) groups is 1. The number of nitrogens with one attached hydrogen (secondary N) is 1. The molecule has 0 saturated heterocycles. The highest BCUT2D eigenvalue weighted by Gasteiger charge is 2.29. The zero-order valence-electron chi connectivity index (χ0n) is 19.5. The third-order valence-corrected chi connectivity index (χ3v) is 5.60. The van der Waals surface area contributed by atoms with Crippen LogP contribution in [0.4, 0.5) is 13.2 Å². The third-order valence-electron chi connectivity index (χ3n) is 5.60. The summed E-state index contributed by atoms with van der Waals surface area (Å²) in [7, 11) is 1.58. The first-order valence-corrected chi connectivity index (χ1v) is 11.1. The largest absolute Gasteiger partial charge is 0.390 e. The van der Waals surface area contributed by atoms with Crippen LogP contribution in [0.5, 0.6) is 0 Å². The van der Waals surface area contributed by atoms with Crippen LogP contribution >= 0.6 is 0 Å². The molecule has 3 rings (SSSR count). The zero-order chi connectivity index (χ0) is 24.9. The first-order chi connectivity index (χ1) is 16.1. The fourth-order valence-corrected chi connectivity index (χ4v) is 3.94. The number of aliphatic hydroxyl groups excluding tert-OH is 1. The van der Waals surface area contributed by atoms with Crippen LogP contribution in [0, 0.1) is 24.7 Å². The van der Waals surface area contributed by atoms with Gasteiger partial charge in [-0.1, -0.05) is 37.0 Å². The van der Waals surface area contributed by atoms with E-state index in [1.807, 2.05) is 36.2 Å². The van der Waals surface area contributed by atoms with Gasteiger partial charge in [0, 0.05) is 43.0 Å². The highest BCUT2D eigenvalue weighted by Crippen LogP contribution is 2.36. The van der Waals surface area contributed by atoms with E-state index in [0.29, 0.717) is 29.7 Å². The first-order valence-electron chi connectivity index (χ1n) is 11.1. The summed E-state index contributed by atoms with van der Waals surface area (Å²) < 4.78 is 38.2. The van der Waals surface area contributed by atoms with Gasteiger partial charge in [-0.15, -0.1) is 0 Å². The number of carbonyl (C=O) groups is 1. The lowest BCUT2D eigenvalue weighted by molar-refractivity contribution is -0.132. The lowest BCUT2D eigenvalue weighted by Gasteiger charge is -2.31. The molecule has 0 aliphatic carbocycles. The highest BCUT2D eigenvalue weighted by atomic mass is 19.4. The summed E-state index contributed by atoms with van der Waals surface area (Å²) in [6.45, 7) is 3.25. The second-order valence-electron chi connectivity index (χ2n) is 8.32. The molecular formula is C26H28F3N3O2. The van der Waals surface area contributed by atoms with E-state index in [-0.39, 0.29) is 25.0 Å². The number of alkyl halides is 3. The highest BCUT2D eigenvalue weighted by molar-refractivity contribution is 6.04. The smallest absolute Gasteiger partial charge is 0.384 e. The van der Waals surface area contributed by atoms with Crippen molar-refractivity contribution in [3.8, 4) is 11.8 Å². The molecule has 2 N–H and O–H groups in total. The minimum atomic E-state index is -4.28. The molecular weight excluding hydrogens is 443 g/mol. The van der Waals surface area contributed by atoms with E-state index >= 15 is 0 Å². The Labute approximate surface area is 197 Å². The second-order valence-corrected chi connectivity index (χ2v) is 8.32. The molecule has 2 aliphatic rings. The summed E-state index contributed by atoms with van der Waals surface area (Å²) in [6.07, 6.45) is 1.67. The number of amides is 1. The van der Waals surface area contributed by atoms with Crippen molar-refractivity contribution in [2.75, 3.05) is 20.2 Å². The fraction of sp³-hybridized carbons (Fsp3) is 0.385. The van der Waals surface area contributed by atoms with Gasteiger partial charge in [0.15, 0.2) is 0 Å². The van der Waals surface area contributed by atoms with Crippen molar-refractivity contribution < 1.29 is 23.1 Å². The van der Waals surface area contributed by atoms with Crippen LogP contribution in [0.25, 0.3) is 5.70 Å². The molecule has 5 nitrogen and oxygen atoms in total. The summed E-state index contributed by atoms with van der Waals surface area (Å²) in [5, 5.41) is 11.8. The van der Waals surface area contributed by atoms with E-state index < -0.39 is 12.6 Å². The molecule has 1 aromatic rings. The number of rotatable bonds is 4. The average Bonchev–Trinajstić information content (AvgIpc) is 2.95. The van der Waals surface area contributed by atoms with Gasteiger partial charge >= 0.3 is 6.18 Å². The predicted molar refractivity (Wildman–Crippen MR) is 127 cm³/mol. The number of halogens is 3. The maximum absolute atomic E-state index is 12.7. The van der Waals surface area contributed by atoms with Crippen molar-refractivity contribution in [1.82, 2.24) is 10.2 Å². The Hall–Kier alpha value is -3.31. The number of hydrogen-bond acceptors (Lipinski definition) is 4. The molecule has 2 heterocycles. The maximum atomic E-state index is 12.7. The van der Waals surface area contributed by atoms with E-state index in [9.17, 15) is 18.0 Å². The van der Waals surface area contributed by atoms with Gasteiger partial charge in [-0.25, -0.2) is 0 Å². The molecule has 1 amide bonds. The molecule has 180 valence electrons. The normalized spacial score (nSPS) is 19.3. The number of aliphatic hydroxyl groups is 1. The Bertz CT molecular complexity index is 1130. The Morgan fingerprint density at radius 2 is 2.09 bits per heavy atom. The molecule has 0 saturated carbocycles. The van der Waals surface area contributed by atoms with E-state index in [0.717, 1.165) is 22.5 Å². The van der Waals surface area contributed by atoms with Crippen LogP contribution < -0.4 is 5.32 Å². The number of fused-ring (bicyclic) bond motifs is 1.